The van der Waals surface area contributed by atoms with Crippen LogP contribution in [0.3, 0.4) is 0 Å². The van der Waals surface area contributed by atoms with Crippen molar-refractivity contribution >= 4 is 6.41 Å². The smallest absolute Gasteiger partial charge is 0.233 e. The maximum absolute atomic E-state index is 11.1. The summed E-state index contributed by atoms with van der Waals surface area (Å²) >= 11 is 0. The lowest BCUT2D eigenvalue weighted by Crippen LogP contribution is -2.26. The first-order valence-electron chi connectivity index (χ1n) is 7.27. The summed E-state index contributed by atoms with van der Waals surface area (Å²) in [6.45, 7) is 0.553. The first kappa shape index (κ1) is 13.8. The van der Waals surface area contributed by atoms with Crippen molar-refractivity contribution in [2.24, 2.45) is 0 Å². The van der Waals surface area contributed by atoms with Crippen molar-refractivity contribution in [3.8, 4) is 0 Å². The van der Waals surface area contributed by atoms with Gasteiger partial charge in [-0.2, -0.15) is 0 Å². The normalized spacial score (nSPS) is 20.2. The second-order valence-electron chi connectivity index (χ2n) is 5.29. The van der Waals surface area contributed by atoms with E-state index in [-0.39, 0.29) is 6.04 Å². The summed E-state index contributed by atoms with van der Waals surface area (Å²) in [6.07, 6.45) is 7.09. The van der Waals surface area contributed by atoms with Crippen LogP contribution in [0.25, 0.3) is 0 Å². The quantitative estimate of drug-likeness (QED) is 0.460. The van der Waals surface area contributed by atoms with Gasteiger partial charge < -0.3 is 4.98 Å². The zero-order chi connectivity index (χ0) is 14.5. The molecule has 0 saturated heterocycles. The van der Waals surface area contributed by atoms with Gasteiger partial charge in [-0.25, -0.2) is 10.0 Å². The third kappa shape index (κ3) is 3.49. The predicted molar refractivity (Wildman–Crippen MR) is 78.4 cm³/mol. The van der Waals surface area contributed by atoms with Crippen LogP contribution in [-0.2, 0) is 16.1 Å². The summed E-state index contributed by atoms with van der Waals surface area (Å²) in [5, 5.41) is 1.45. The van der Waals surface area contributed by atoms with E-state index in [9.17, 15) is 4.79 Å². The number of nitrogens with zero attached hydrogens (tertiary/aromatic N) is 2. The molecule has 1 aromatic heterocycles. The van der Waals surface area contributed by atoms with Gasteiger partial charge >= 0.3 is 0 Å². The van der Waals surface area contributed by atoms with E-state index < -0.39 is 0 Å². The summed E-state index contributed by atoms with van der Waals surface area (Å²) < 4.78 is 0. The summed E-state index contributed by atoms with van der Waals surface area (Å²) in [6, 6.07) is 10.4. The highest BCUT2D eigenvalue weighted by Gasteiger charge is 2.44. The number of aryl methyl sites for hydroxylation is 1. The molecule has 110 valence electrons. The number of benzene rings is 1. The van der Waals surface area contributed by atoms with E-state index in [4.69, 9.17) is 4.84 Å². The first-order chi connectivity index (χ1) is 10.4. The highest BCUT2D eigenvalue weighted by molar-refractivity contribution is 5.47. The maximum Gasteiger partial charge on any atom is 0.233 e. The summed E-state index contributed by atoms with van der Waals surface area (Å²) in [7, 11) is 0. The van der Waals surface area contributed by atoms with E-state index in [0.717, 1.165) is 31.4 Å². The van der Waals surface area contributed by atoms with Gasteiger partial charge in [0.2, 0.25) is 6.41 Å². The van der Waals surface area contributed by atoms with Crippen LogP contribution in [0.15, 0.2) is 42.9 Å². The minimum Gasteiger partial charge on any atom is -0.351 e. The van der Waals surface area contributed by atoms with Crippen molar-refractivity contribution < 1.29 is 9.63 Å². The fourth-order valence-electron chi connectivity index (χ4n) is 2.55. The molecule has 1 aliphatic rings. The standard InChI is InChI=1S/C16H19N3O2/c20-12-19(16-9-14(16)15-10-17-11-18-15)21-8-4-7-13-5-2-1-3-6-13/h1-3,5-6,10-12,14,16H,4,7-9H2,(H,17,18). The molecule has 0 aliphatic heterocycles. The number of imidazole rings is 1. The molecule has 1 N–H and O–H groups in total. The largest absolute Gasteiger partial charge is 0.351 e. The fraction of sp³-hybridized carbons (Fsp3) is 0.375. The zero-order valence-electron chi connectivity index (χ0n) is 11.8. The van der Waals surface area contributed by atoms with Gasteiger partial charge in [-0.1, -0.05) is 30.3 Å². The molecule has 2 unspecified atom stereocenters. The third-order valence-corrected chi connectivity index (χ3v) is 3.78. The molecule has 1 amide bonds. The van der Waals surface area contributed by atoms with Crippen molar-refractivity contribution in [3.05, 3.63) is 54.1 Å². The van der Waals surface area contributed by atoms with Crippen LogP contribution >= 0.6 is 0 Å². The van der Waals surface area contributed by atoms with Crippen molar-refractivity contribution in [1.82, 2.24) is 15.0 Å². The number of nitrogens with one attached hydrogen (secondary N) is 1. The monoisotopic (exact) mass is 285 g/mol. The van der Waals surface area contributed by atoms with Crippen LogP contribution in [0.5, 0.6) is 0 Å². The van der Waals surface area contributed by atoms with E-state index in [1.54, 1.807) is 6.33 Å². The van der Waals surface area contributed by atoms with E-state index in [1.165, 1.54) is 10.6 Å². The molecule has 5 heteroatoms. The lowest BCUT2D eigenvalue weighted by Gasteiger charge is -2.16. The number of aromatic amines is 1. The zero-order valence-corrected chi connectivity index (χ0v) is 11.8. The van der Waals surface area contributed by atoms with Crippen molar-refractivity contribution in [2.75, 3.05) is 6.61 Å². The molecule has 1 heterocycles. The second kappa shape index (κ2) is 6.54. The van der Waals surface area contributed by atoms with Crippen LogP contribution in [0.1, 0.15) is 30.0 Å². The third-order valence-electron chi connectivity index (χ3n) is 3.78. The van der Waals surface area contributed by atoms with Crippen molar-refractivity contribution in [2.45, 2.75) is 31.2 Å². The van der Waals surface area contributed by atoms with Crippen LogP contribution in [0.2, 0.25) is 0 Å². The number of hydroxylamine groups is 2. The molecular formula is C16H19N3O2. The number of carbonyl (C=O) groups excluding carboxylic acids is 1. The Morgan fingerprint density at radius 3 is 2.95 bits per heavy atom. The molecule has 21 heavy (non-hydrogen) atoms. The molecular weight excluding hydrogens is 266 g/mol. The molecule has 5 nitrogen and oxygen atoms in total. The molecule has 0 bridgehead atoms. The molecule has 2 atom stereocenters. The van der Waals surface area contributed by atoms with Gasteiger partial charge in [0.25, 0.3) is 0 Å². The van der Waals surface area contributed by atoms with E-state index >= 15 is 0 Å². The molecule has 1 saturated carbocycles. The predicted octanol–water partition coefficient (Wildman–Crippen LogP) is 2.29. The topological polar surface area (TPSA) is 58.2 Å². The SMILES string of the molecule is O=CN(OCCCc1ccccc1)C1CC1c1c[nH]cn1. The van der Waals surface area contributed by atoms with Crippen molar-refractivity contribution in [1.29, 1.82) is 0 Å². The molecule has 0 radical (unpaired) electrons. The van der Waals surface area contributed by atoms with Gasteiger partial charge in [0.15, 0.2) is 0 Å². The Balaban J connectivity index is 1.41. The van der Waals surface area contributed by atoms with Gasteiger partial charge in [0.05, 0.1) is 24.7 Å². The number of H-pyrrole nitrogens is 1. The number of hydrogen-bond donors (Lipinski definition) is 1. The van der Waals surface area contributed by atoms with E-state index in [1.807, 2.05) is 24.4 Å². The molecule has 3 rings (SSSR count). The average Bonchev–Trinajstić information content (AvgIpc) is 3.12. The van der Waals surface area contributed by atoms with Crippen LogP contribution < -0.4 is 0 Å². The lowest BCUT2D eigenvalue weighted by molar-refractivity contribution is -0.176. The minimum absolute atomic E-state index is 0.127. The molecule has 1 aliphatic carbocycles. The van der Waals surface area contributed by atoms with Crippen molar-refractivity contribution in [3.63, 3.8) is 0 Å². The first-order valence-corrected chi connectivity index (χ1v) is 7.27. The van der Waals surface area contributed by atoms with Crippen LogP contribution in [0, 0.1) is 0 Å². The highest BCUT2D eigenvalue weighted by Crippen LogP contribution is 2.43. The van der Waals surface area contributed by atoms with E-state index in [0.29, 0.717) is 12.5 Å². The average molecular weight is 285 g/mol. The lowest BCUT2D eigenvalue weighted by atomic mass is 10.1. The van der Waals surface area contributed by atoms with Gasteiger partial charge in [-0.15, -0.1) is 0 Å². The Bertz CT molecular complexity index is 556. The second-order valence-corrected chi connectivity index (χ2v) is 5.29. The Morgan fingerprint density at radius 1 is 1.38 bits per heavy atom. The van der Waals surface area contributed by atoms with Crippen LogP contribution in [0.4, 0.5) is 0 Å². The minimum atomic E-state index is 0.127. The van der Waals surface area contributed by atoms with Gasteiger partial charge in [-0.05, 0) is 24.8 Å². The number of rotatable bonds is 8. The molecule has 1 fully saturated rings. The Kier molecular flexibility index (Phi) is 4.31. The number of aromatic nitrogens is 2. The number of carbonyl (C=O) groups is 1. The number of hydrogen-bond acceptors (Lipinski definition) is 3. The number of amides is 1. The van der Waals surface area contributed by atoms with Gasteiger partial charge in [0.1, 0.15) is 0 Å². The Morgan fingerprint density at radius 2 is 2.24 bits per heavy atom. The van der Waals surface area contributed by atoms with Gasteiger partial charge in [0, 0.05) is 12.1 Å². The molecule has 1 aromatic carbocycles. The van der Waals surface area contributed by atoms with Gasteiger partial charge in [-0.3, -0.25) is 9.63 Å². The Labute approximate surface area is 123 Å². The molecule has 2 aromatic rings. The van der Waals surface area contributed by atoms with Crippen LogP contribution in [-0.4, -0.2) is 34.1 Å². The molecule has 0 spiro atoms. The highest BCUT2D eigenvalue weighted by atomic mass is 16.7. The Hall–Kier alpha value is -2.14. The van der Waals surface area contributed by atoms with E-state index in [2.05, 4.69) is 22.1 Å². The summed E-state index contributed by atoms with van der Waals surface area (Å²) in [5.74, 6) is 0.301. The summed E-state index contributed by atoms with van der Waals surface area (Å²) in [4.78, 5) is 23.9. The maximum atomic E-state index is 11.1. The fourth-order valence-corrected chi connectivity index (χ4v) is 2.55. The summed E-state index contributed by atoms with van der Waals surface area (Å²) in [5.41, 5.74) is 2.29.